The van der Waals surface area contributed by atoms with Gasteiger partial charge in [0.1, 0.15) is 6.61 Å². The first-order valence-electron chi connectivity index (χ1n) is 6.08. The first-order chi connectivity index (χ1) is 8.66. The number of nitrogens with one attached hydrogen (secondary N) is 1. The minimum absolute atomic E-state index is 0.0783. The molecule has 0 radical (unpaired) electrons. The molecule has 1 aliphatic rings. The highest BCUT2D eigenvalue weighted by molar-refractivity contribution is 5.81. The summed E-state index contributed by atoms with van der Waals surface area (Å²) in [5, 5.41) is 2.79. The summed E-state index contributed by atoms with van der Waals surface area (Å²) >= 11 is 0. The third kappa shape index (κ3) is 3.13. The summed E-state index contributed by atoms with van der Waals surface area (Å²) in [5.74, 6) is 1.12. The molecule has 98 valence electrons. The second-order valence-electron chi connectivity index (χ2n) is 4.42. The van der Waals surface area contributed by atoms with E-state index in [1.165, 1.54) is 0 Å². The van der Waals surface area contributed by atoms with Gasteiger partial charge in [0.15, 0.2) is 11.5 Å². The molecule has 2 unspecified atom stereocenters. The van der Waals surface area contributed by atoms with Crippen LogP contribution in [0.3, 0.4) is 0 Å². The monoisotopic (exact) mass is 250 g/mol. The van der Waals surface area contributed by atoms with E-state index in [-0.39, 0.29) is 18.6 Å². The van der Waals surface area contributed by atoms with Gasteiger partial charge in [-0.2, -0.15) is 0 Å². The van der Waals surface area contributed by atoms with Gasteiger partial charge in [0.25, 0.3) is 5.91 Å². The lowest BCUT2D eigenvalue weighted by molar-refractivity contribution is -0.130. The Morgan fingerprint density at radius 1 is 1.50 bits per heavy atom. The highest BCUT2D eigenvalue weighted by atomic mass is 16.6. The van der Waals surface area contributed by atoms with Crippen LogP contribution in [0.25, 0.3) is 0 Å². The zero-order valence-corrected chi connectivity index (χ0v) is 10.4. The molecule has 2 rings (SSSR count). The highest BCUT2D eigenvalue weighted by Gasteiger charge is 2.26. The van der Waals surface area contributed by atoms with E-state index in [0.717, 1.165) is 6.42 Å². The van der Waals surface area contributed by atoms with E-state index in [0.29, 0.717) is 18.0 Å². The van der Waals surface area contributed by atoms with Gasteiger partial charge in [0, 0.05) is 12.6 Å². The number of benzene rings is 1. The zero-order valence-electron chi connectivity index (χ0n) is 10.4. The Kier molecular flexibility index (Phi) is 4.04. The van der Waals surface area contributed by atoms with Crippen LogP contribution in [0.15, 0.2) is 24.3 Å². The van der Waals surface area contributed by atoms with Crippen LogP contribution in [0, 0.1) is 0 Å². The number of carbonyl (C=O) groups excluding carboxylic acids is 1. The smallest absolute Gasteiger partial charge is 0.264 e. The van der Waals surface area contributed by atoms with E-state index in [9.17, 15) is 4.79 Å². The summed E-state index contributed by atoms with van der Waals surface area (Å²) < 4.78 is 11.1. The number of fused-ring (bicyclic) bond motifs is 1. The third-order valence-electron chi connectivity index (χ3n) is 2.70. The Bertz CT molecular complexity index is 420. The molecular weight excluding hydrogens is 232 g/mol. The Hall–Kier alpha value is -1.75. The van der Waals surface area contributed by atoms with Crippen LogP contribution in [0.2, 0.25) is 0 Å². The number of nitrogens with two attached hydrogens (primary N) is 1. The molecule has 1 aliphatic heterocycles. The van der Waals surface area contributed by atoms with E-state index in [4.69, 9.17) is 15.2 Å². The Labute approximate surface area is 106 Å². The van der Waals surface area contributed by atoms with Gasteiger partial charge in [-0.1, -0.05) is 12.1 Å². The molecule has 3 N–H and O–H groups in total. The van der Waals surface area contributed by atoms with Gasteiger partial charge in [0.2, 0.25) is 6.10 Å². The Morgan fingerprint density at radius 2 is 2.22 bits per heavy atom. The van der Waals surface area contributed by atoms with Crippen molar-refractivity contribution in [3.8, 4) is 11.5 Å². The van der Waals surface area contributed by atoms with Crippen LogP contribution in [0.4, 0.5) is 0 Å². The molecule has 0 aromatic heterocycles. The number of hydrogen-bond donors (Lipinski definition) is 2. The van der Waals surface area contributed by atoms with Crippen molar-refractivity contribution in [2.24, 2.45) is 5.73 Å². The fourth-order valence-corrected chi connectivity index (χ4v) is 1.69. The standard InChI is InChI=1S/C13H18N2O3/c1-9(14)6-7-15-13(16)12-8-17-10-4-2-3-5-11(10)18-12/h2-5,9,12H,6-8,14H2,1H3,(H,15,16). The summed E-state index contributed by atoms with van der Waals surface area (Å²) in [5.41, 5.74) is 5.61. The van der Waals surface area contributed by atoms with Crippen molar-refractivity contribution in [2.75, 3.05) is 13.2 Å². The first kappa shape index (κ1) is 12.7. The Balaban J connectivity index is 1.87. The number of para-hydroxylation sites is 2. The van der Waals surface area contributed by atoms with Crippen LogP contribution >= 0.6 is 0 Å². The lowest BCUT2D eigenvalue weighted by Crippen LogP contribution is -2.44. The van der Waals surface area contributed by atoms with Gasteiger partial charge in [-0.05, 0) is 25.5 Å². The molecule has 0 saturated heterocycles. The molecule has 5 heteroatoms. The van der Waals surface area contributed by atoms with Crippen molar-refractivity contribution >= 4 is 5.91 Å². The maximum atomic E-state index is 11.8. The van der Waals surface area contributed by atoms with Crippen LogP contribution < -0.4 is 20.5 Å². The van der Waals surface area contributed by atoms with Gasteiger partial charge >= 0.3 is 0 Å². The fraction of sp³-hybridized carbons (Fsp3) is 0.462. The van der Waals surface area contributed by atoms with E-state index < -0.39 is 6.10 Å². The molecule has 0 aliphatic carbocycles. The number of amides is 1. The third-order valence-corrected chi connectivity index (χ3v) is 2.70. The molecule has 0 spiro atoms. The van der Waals surface area contributed by atoms with E-state index >= 15 is 0 Å². The van der Waals surface area contributed by atoms with Crippen LogP contribution in [-0.2, 0) is 4.79 Å². The average molecular weight is 250 g/mol. The molecule has 0 fully saturated rings. The van der Waals surface area contributed by atoms with Gasteiger partial charge in [0.05, 0.1) is 0 Å². The van der Waals surface area contributed by atoms with Crippen molar-refractivity contribution in [2.45, 2.75) is 25.5 Å². The highest BCUT2D eigenvalue weighted by Crippen LogP contribution is 2.30. The predicted molar refractivity (Wildman–Crippen MR) is 67.6 cm³/mol. The molecule has 0 saturated carbocycles. The summed E-state index contributed by atoms with van der Waals surface area (Å²) in [6.07, 6.45) is 0.156. The molecule has 5 nitrogen and oxygen atoms in total. The van der Waals surface area contributed by atoms with Crippen molar-refractivity contribution < 1.29 is 14.3 Å². The second-order valence-corrected chi connectivity index (χ2v) is 4.42. The lowest BCUT2D eigenvalue weighted by Gasteiger charge is -2.25. The fourth-order valence-electron chi connectivity index (χ4n) is 1.69. The zero-order chi connectivity index (χ0) is 13.0. The summed E-state index contributed by atoms with van der Waals surface area (Å²) in [7, 11) is 0. The number of rotatable bonds is 4. The lowest BCUT2D eigenvalue weighted by atomic mass is 10.2. The first-order valence-corrected chi connectivity index (χ1v) is 6.08. The van der Waals surface area contributed by atoms with Crippen molar-refractivity contribution in [1.82, 2.24) is 5.32 Å². The number of ether oxygens (including phenoxy) is 2. The SMILES string of the molecule is CC(N)CCNC(=O)C1COc2ccccc2O1. The van der Waals surface area contributed by atoms with Gasteiger partial charge in [-0.25, -0.2) is 0 Å². The predicted octanol–water partition coefficient (Wildman–Crippen LogP) is 0.680. The second kappa shape index (κ2) is 5.73. The van der Waals surface area contributed by atoms with Gasteiger partial charge in [-0.3, -0.25) is 4.79 Å². The maximum absolute atomic E-state index is 11.8. The van der Waals surface area contributed by atoms with Crippen molar-refractivity contribution in [1.29, 1.82) is 0 Å². The largest absolute Gasteiger partial charge is 0.485 e. The average Bonchev–Trinajstić information content (AvgIpc) is 2.37. The molecule has 1 heterocycles. The molecule has 1 aromatic carbocycles. The minimum atomic E-state index is -0.590. The van der Waals surface area contributed by atoms with Crippen LogP contribution in [0.5, 0.6) is 11.5 Å². The van der Waals surface area contributed by atoms with Crippen molar-refractivity contribution in [3.63, 3.8) is 0 Å². The minimum Gasteiger partial charge on any atom is -0.485 e. The normalized spacial score (nSPS) is 19.1. The van der Waals surface area contributed by atoms with E-state index in [2.05, 4.69) is 5.32 Å². The molecule has 1 amide bonds. The topological polar surface area (TPSA) is 73.6 Å². The number of carbonyl (C=O) groups is 1. The molecule has 0 bridgehead atoms. The molecular formula is C13H18N2O3. The van der Waals surface area contributed by atoms with E-state index in [1.54, 1.807) is 6.07 Å². The van der Waals surface area contributed by atoms with Gasteiger partial charge in [-0.15, -0.1) is 0 Å². The molecule has 1 aromatic rings. The summed E-state index contributed by atoms with van der Waals surface area (Å²) in [6, 6.07) is 7.40. The van der Waals surface area contributed by atoms with Crippen molar-refractivity contribution in [3.05, 3.63) is 24.3 Å². The van der Waals surface area contributed by atoms with E-state index in [1.807, 2.05) is 25.1 Å². The molecule has 18 heavy (non-hydrogen) atoms. The maximum Gasteiger partial charge on any atom is 0.264 e. The summed E-state index contributed by atoms with van der Waals surface area (Å²) in [4.78, 5) is 11.8. The van der Waals surface area contributed by atoms with Crippen LogP contribution in [-0.4, -0.2) is 31.2 Å². The quantitative estimate of drug-likeness (QED) is 0.824. The summed E-state index contributed by atoms with van der Waals surface area (Å²) in [6.45, 7) is 2.70. The number of hydrogen-bond acceptors (Lipinski definition) is 4. The van der Waals surface area contributed by atoms with Gasteiger partial charge < -0.3 is 20.5 Å². The Morgan fingerprint density at radius 3 is 2.94 bits per heavy atom. The molecule has 2 atom stereocenters. The van der Waals surface area contributed by atoms with Crippen LogP contribution in [0.1, 0.15) is 13.3 Å².